The number of imidazole rings is 1. The Hall–Kier alpha value is -4.78. The molecule has 2 aliphatic rings. The number of aromatic nitrogens is 7. The lowest BCUT2D eigenvalue weighted by Crippen LogP contribution is -2.37. The van der Waals surface area contributed by atoms with Gasteiger partial charge in [-0.25, -0.2) is 4.99 Å². The van der Waals surface area contributed by atoms with Gasteiger partial charge >= 0.3 is 11.6 Å². The first kappa shape index (κ1) is 25.2. The van der Waals surface area contributed by atoms with E-state index in [-0.39, 0.29) is 23.7 Å². The molecule has 0 bridgehead atoms. The first-order chi connectivity index (χ1) is 20.0. The summed E-state index contributed by atoms with van der Waals surface area (Å²) in [4.78, 5) is 35.2. The molecule has 13 heteroatoms. The molecule has 1 aliphatic heterocycles. The van der Waals surface area contributed by atoms with Crippen molar-refractivity contribution in [2.45, 2.75) is 38.1 Å². The van der Waals surface area contributed by atoms with Gasteiger partial charge in [0.1, 0.15) is 11.0 Å². The maximum Gasteiger partial charge on any atom is 0.395 e. The summed E-state index contributed by atoms with van der Waals surface area (Å²) >= 11 is 0. The number of benzene rings is 1. The molecule has 5 aromatic rings. The Morgan fingerprint density at radius 3 is 2.83 bits per heavy atom. The number of H-pyrrole nitrogens is 2. The molecule has 0 atom stereocenters. The molecule has 0 unspecified atom stereocenters. The van der Waals surface area contributed by atoms with Crippen LogP contribution in [0.15, 0.2) is 41.8 Å². The summed E-state index contributed by atoms with van der Waals surface area (Å²) < 4.78 is 3.40. The van der Waals surface area contributed by atoms with Crippen LogP contribution in [-0.4, -0.2) is 82.8 Å². The summed E-state index contributed by atoms with van der Waals surface area (Å²) in [6.45, 7) is 3.97. The van der Waals surface area contributed by atoms with Gasteiger partial charge < -0.3 is 20.4 Å². The van der Waals surface area contributed by atoms with E-state index >= 15 is 0 Å². The smallest absolute Gasteiger partial charge is 0.395 e. The van der Waals surface area contributed by atoms with Crippen LogP contribution >= 0.6 is 0 Å². The van der Waals surface area contributed by atoms with Gasteiger partial charge in [-0.3, -0.25) is 14.8 Å². The Balaban J connectivity index is 1.20. The second-order valence-corrected chi connectivity index (χ2v) is 10.7. The lowest BCUT2D eigenvalue weighted by atomic mass is 10.2. The van der Waals surface area contributed by atoms with E-state index in [1.54, 1.807) is 29.2 Å². The highest BCUT2D eigenvalue weighted by atomic mass is 16.3. The quantitative estimate of drug-likeness (QED) is 0.137. The summed E-state index contributed by atoms with van der Waals surface area (Å²) in [7, 11) is 0. The van der Waals surface area contributed by atoms with E-state index in [0.29, 0.717) is 40.1 Å². The fourth-order valence-corrected chi connectivity index (χ4v) is 5.24. The first-order valence-electron chi connectivity index (χ1n) is 14.0. The van der Waals surface area contributed by atoms with Crippen LogP contribution in [0.2, 0.25) is 0 Å². The van der Waals surface area contributed by atoms with E-state index in [0.717, 1.165) is 49.9 Å². The number of carbonyl (C=O) groups is 1. The van der Waals surface area contributed by atoms with Crippen LogP contribution in [0.4, 0.5) is 0 Å². The van der Waals surface area contributed by atoms with Crippen LogP contribution in [0.25, 0.3) is 28.7 Å². The van der Waals surface area contributed by atoms with Crippen molar-refractivity contribution >= 4 is 28.7 Å². The number of hydrogen-bond acceptors (Lipinski definition) is 8. The van der Waals surface area contributed by atoms with Crippen LogP contribution in [0.1, 0.15) is 48.0 Å². The predicted molar refractivity (Wildman–Crippen MR) is 148 cm³/mol. The minimum atomic E-state index is -0.156. The molecule has 1 saturated heterocycles. The maximum absolute atomic E-state index is 12.8. The summed E-state index contributed by atoms with van der Waals surface area (Å²) in [6.07, 6.45) is 10.5. The third kappa shape index (κ3) is 5.11. The zero-order chi connectivity index (χ0) is 27.9. The molecule has 1 aliphatic carbocycles. The number of nitrogens with zero attached hydrogens (tertiary/aromatic N) is 7. The van der Waals surface area contributed by atoms with Gasteiger partial charge in [-0.2, -0.15) is 14.2 Å². The van der Waals surface area contributed by atoms with E-state index in [1.165, 1.54) is 18.9 Å². The average Bonchev–Trinajstić information content (AvgIpc) is 3.33. The van der Waals surface area contributed by atoms with Crippen molar-refractivity contribution in [3.05, 3.63) is 58.8 Å². The van der Waals surface area contributed by atoms with Crippen molar-refractivity contribution in [3.8, 4) is 17.7 Å². The van der Waals surface area contributed by atoms with Crippen molar-refractivity contribution in [1.82, 2.24) is 39.8 Å². The van der Waals surface area contributed by atoms with Crippen LogP contribution in [-0.2, 0) is 0 Å². The fraction of sp³-hybridized carbons (Fsp3) is 0.357. The molecule has 5 heterocycles. The van der Waals surface area contributed by atoms with Gasteiger partial charge in [-0.1, -0.05) is 9.97 Å². The van der Waals surface area contributed by atoms with E-state index in [4.69, 9.17) is 15.0 Å². The standard InChI is InChI=1S/C28H30N10O3/c39-23-14-18(26(41)33-23)12-19-15-31-38-24(19)34-27(35-28(38)32-20-5-6-20)37-16-30-21-13-17(4-7-22(21)37)25(40)29-8-3-11-36-9-1-2-10-36/h4,7,12-16,20H,1-3,5-6,8-11H2,(H4,29,31,32,33,34,35,39,40,41)/p+1. The molecule has 41 heavy (non-hydrogen) atoms. The molecule has 2 fully saturated rings. The van der Waals surface area contributed by atoms with Crippen molar-refractivity contribution in [2.24, 2.45) is 4.99 Å². The van der Waals surface area contributed by atoms with E-state index in [2.05, 4.69) is 25.3 Å². The average molecular weight is 556 g/mol. The Morgan fingerprint density at radius 1 is 1.20 bits per heavy atom. The second-order valence-electron chi connectivity index (χ2n) is 10.7. The van der Waals surface area contributed by atoms with Gasteiger partial charge in [0.05, 0.1) is 17.5 Å². The molecule has 1 saturated carbocycles. The van der Waals surface area contributed by atoms with Gasteiger partial charge in [0.15, 0.2) is 18.1 Å². The van der Waals surface area contributed by atoms with Crippen LogP contribution < -0.4 is 20.7 Å². The number of aromatic amines is 2. The van der Waals surface area contributed by atoms with Gasteiger partial charge in [0.2, 0.25) is 5.65 Å². The maximum atomic E-state index is 12.8. The predicted octanol–water partition coefficient (Wildman–Crippen LogP) is 0.448. The summed E-state index contributed by atoms with van der Waals surface area (Å²) in [5, 5.41) is 27.9. The van der Waals surface area contributed by atoms with Crippen LogP contribution in [0.5, 0.6) is 11.8 Å². The largest absolute Gasteiger partial charge is 0.494 e. The minimum absolute atomic E-state index is 0.101. The molecule has 1 amide bonds. The summed E-state index contributed by atoms with van der Waals surface area (Å²) in [5.41, 5.74) is 3.49. The number of likely N-dealkylation sites (tertiary alicyclic amines) is 1. The number of fused-ring (bicyclic) bond motifs is 2. The van der Waals surface area contributed by atoms with Crippen LogP contribution in [0, 0.1) is 0 Å². The van der Waals surface area contributed by atoms with Gasteiger partial charge in [0, 0.05) is 23.7 Å². The van der Waals surface area contributed by atoms with Gasteiger partial charge in [0.25, 0.3) is 5.91 Å². The van der Waals surface area contributed by atoms with Crippen LogP contribution in [0.3, 0.4) is 0 Å². The van der Waals surface area contributed by atoms with Crippen molar-refractivity contribution in [3.63, 3.8) is 0 Å². The molecule has 210 valence electrons. The Bertz CT molecular complexity index is 1880. The van der Waals surface area contributed by atoms with E-state index in [9.17, 15) is 15.0 Å². The highest BCUT2D eigenvalue weighted by Crippen LogP contribution is 2.23. The lowest BCUT2D eigenvalue weighted by Gasteiger charge is -2.14. The zero-order valence-electron chi connectivity index (χ0n) is 22.4. The highest BCUT2D eigenvalue weighted by molar-refractivity contribution is 5.96. The Kier molecular flexibility index (Phi) is 6.34. The monoisotopic (exact) mass is 555 g/mol. The molecular formula is C28H31N10O3+. The van der Waals surface area contributed by atoms with Crippen molar-refractivity contribution in [1.29, 1.82) is 0 Å². The number of amides is 1. The number of nitrogens with one attached hydrogen (secondary N) is 3. The van der Waals surface area contributed by atoms with Gasteiger partial charge in [-0.15, -0.1) is 0 Å². The molecule has 7 rings (SSSR count). The van der Waals surface area contributed by atoms with Crippen molar-refractivity contribution in [2.75, 3.05) is 26.2 Å². The van der Waals surface area contributed by atoms with E-state index in [1.807, 2.05) is 16.7 Å². The highest BCUT2D eigenvalue weighted by Gasteiger charge is 2.24. The third-order valence-electron chi connectivity index (χ3n) is 7.55. The normalized spacial score (nSPS) is 16.9. The SMILES string of the molecule is O=C(NCCCN1CCCC1)c1ccc2c(c1)[nH]c[n+]2-c1nc(=NC2CC2)n2ncc(=Cc3cc(O)[nH]c3O)c2n1. The lowest BCUT2D eigenvalue weighted by molar-refractivity contribution is -0.575. The second kappa shape index (κ2) is 10.3. The molecule has 4 aromatic heterocycles. The molecule has 13 nitrogen and oxygen atoms in total. The zero-order valence-corrected chi connectivity index (χ0v) is 22.4. The molecule has 0 radical (unpaired) electrons. The number of hydrogen-bond donors (Lipinski definition) is 5. The summed E-state index contributed by atoms with van der Waals surface area (Å²) in [6, 6.07) is 7.13. The number of aromatic hydroxyl groups is 2. The Labute approximate surface area is 233 Å². The topological polar surface area (TPSA) is 164 Å². The van der Waals surface area contributed by atoms with E-state index < -0.39 is 0 Å². The van der Waals surface area contributed by atoms with Gasteiger partial charge in [-0.05, 0) is 76.0 Å². The number of carbonyl (C=O) groups excluding carboxylic acids is 1. The molecular weight excluding hydrogens is 524 g/mol. The summed E-state index contributed by atoms with van der Waals surface area (Å²) in [5.74, 6) is -0.0133. The molecule has 0 spiro atoms. The minimum Gasteiger partial charge on any atom is -0.494 e. The molecule has 5 N–H and O–H groups in total. The Morgan fingerprint density at radius 2 is 2.05 bits per heavy atom. The molecule has 1 aromatic carbocycles. The third-order valence-corrected chi connectivity index (χ3v) is 7.55. The first-order valence-corrected chi connectivity index (χ1v) is 14.0. The number of rotatable bonds is 8. The fourth-order valence-electron chi connectivity index (χ4n) is 5.24. The van der Waals surface area contributed by atoms with Crippen molar-refractivity contribution < 1.29 is 19.6 Å².